The predicted molar refractivity (Wildman–Crippen MR) is 99.0 cm³/mol. The first kappa shape index (κ1) is 17.9. The van der Waals surface area contributed by atoms with Crippen LogP contribution in [0.3, 0.4) is 0 Å². The largest absolute Gasteiger partial charge is 0.341 e. The van der Waals surface area contributed by atoms with Crippen molar-refractivity contribution < 1.29 is 9.18 Å². The zero-order valence-electron chi connectivity index (χ0n) is 15.2. The van der Waals surface area contributed by atoms with E-state index in [4.69, 9.17) is 0 Å². The highest BCUT2D eigenvalue weighted by molar-refractivity contribution is 5.83. The summed E-state index contributed by atoms with van der Waals surface area (Å²) in [6.45, 7) is 9.50. The number of amides is 1. The number of hydrogen-bond acceptors (Lipinski definition) is 2. The molecule has 3 rings (SSSR count). The Bertz CT molecular complexity index is 723. The van der Waals surface area contributed by atoms with Gasteiger partial charge in [-0.2, -0.15) is 0 Å². The van der Waals surface area contributed by atoms with Crippen molar-refractivity contribution in [3.63, 3.8) is 0 Å². The molecular weight excluding hydrogens is 317 g/mol. The van der Waals surface area contributed by atoms with Crippen LogP contribution in [0, 0.1) is 11.7 Å². The summed E-state index contributed by atoms with van der Waals surface area (Å²) >= 11 is 0. The molecule has 25 heavy (non-hydrogen) atoms. The first-order chi connectivity index (χ1) is 12.1. The second kappa shape index (κ2) is 8.00. The Hall–Kier alpha value is -1.88. The van der Waals surface area contributed by atoms with Crippen molar-refractivity contribution >= 4 is 16.8 Å². The molecule has 0 unspecified atom stereocenters. The van der Waals surface area contributed by atoms with E-state index in [1.807, 2.05) is 21.7 Å². The van der Waals surface area contributed by atoms with E-state index in [2.05, 4.69) is 18.7 Å². The number of halogens is 1. The zero-order chi connectivity index (χ0) is 17.8. The van der Waals surface area contributed by atoms with Crippen molar-refractivity contribution in [1.29, 1.82) is 0 Å². The highest BCUT2D eigenvalue weighted by Crippen LogP contribution is 2.20. The van der Waals surface area contributed by atoms with E-state index in [1.165, 1.54) is 18.6 Å². The molecule has 2 heterocycles. The second-order valence-electron chi connectivity index (χ2n) is 6.98. The highest BCUT2D eigenvalue weighted by Gasteiger charge is 2.25. The Balaban J connectivity index is 1.65. The molecule has 1 aromatic carbocycles. The van der Waals surface area contributed by atoms with Crippen LogP contribution in [0.5, 0.6) is 0 Å². The number of hydrogen-bond donors (Lipinski definition) is 0. The summed E-state index contributed by atoms with van der Waals surface area (Å²) in [6.07, 6.45) is 4.13. The van der Waals surface area contributed by atoms with Gasteiger partial charge in [-0.1, -0.05) is 13.8 Å². The minimum atomic E-state index is -0.267. The molecule has 0 saturated carbocycles. The molecule has 1 aliphatic heterocycles. The Morgan fingerprint density at radius 1 is 1.28 bits per heavy atom. The molecule has 136 valence electrons. The fraction of sp³-hybridized carbons (Fsp3) is 0.550. The standard InChI is InChI=1S/C20H28FN3O/c1-3-22(4-2)13-16-6-5-10-24(14-16)20(25)15-23-11-9-17-7-8-18(21)12-19(17)23/h7-9,11-12,16H,3-6,10,13-15H2,1-2H3/t16-/m1/s1. The van der Waals surface area contributed by atoms with E-state index in [1.54, 1.807) is 6.07 Å². The van der Waals surface area contributed by atoms with Crippen molar-refractivity contribution in [3.8, 4) is 0 Å². The zero-order valence-corrected chi connectivity index (χ0v) is 15.2. The van der Waals surface area contributed by atoms with Crippen LogP contribution in [0.4, 0.5) is 4.39 Å². The van der Waals surface area contributed by atoms with Gasteiger partial charge in [-0.25, -0.2) is 4.39 Å². The van der Waals surface area contributed by atoms with Gasteiger partial charge in [0.05, 0.1) is 5.52 Å². The van der Waals surface area contributed by atoms with Gasteiger partial charge in [0.1, 0.15) is 12.4 Å². The third kappa shape index (κ3) is 4.21. The van der Waals surface area contributed by atoms with E-state index in [-0.39, 0.29) is 18.3 Å². The lowest BCUT2D eigenvalue weighted by atomic mass is 9.97. The Morgan fingerprint density at radius 3 is 2.84 bits per heavy atom. The van der Waals surface area contributed by atoms with Gasteiger partial charge in [-0.05, 0) is 61.5 Å². The van der Waals surface area contributed by atoms with Crippen LogP contribution in [-0.2, 0) is 11.3 Å². The summed E-state index contributed by atoms with van der Waals surface area (Å²) in [6, 6.07) is 6.65. The first-order valence-electron chi connectivity index (χ1n) is 9.35. The topological polar surface area (TPSA) is 28.5 Å². The van der Waals surface area contributed by atoms with Crippen molar-refractivity contribution in [3.05, 3.63) is 36.3 Å². The second-order valence-corrected chi connectivity index (χ2v) is 6.98. The highest BCUT2D eigenvalue weighted by atomic mass is 19.1. The maximum atomic E-state index is 13.5. The Labute approximate surface area is 149 Å². The molecule has 1 fully saturated rings. The average Bonchev–Trinajstić information content (AvgIpc) is 3.02. The lowest BCUT2D eigenvalue weighted by Crippen LogP contribution is -2.44. The van der Waals surface area contributed by atoms with E-state index in [0.29, 0.717) is 5.92 Å². The number of fused-ring (bicyclic) bond motifs is 1. The van der Waals surface area contributed by atoms with Crippen LogP contribution in [0.25, 0.3) is 10.9 Å². The van der Waals surface area contributed by atoms with Gasteiger partial charge in [-0.15, -0.1) is 0 Å². The molecule has 0 aliphatic carbocycles. The van der Waals surface area contributed by atoms with Crippen LogP contribution >= 0.6 is 0 Å². The summed E-state index contributed by atoms with van der Waals surface area (Å²) in [5, 5.41) is 0.965. The molecule has 0 N–H and O–H groups in total. The first-order valence-corrected chi connectivity index (χ1v) is 9.35. The summed E-state index contributed by atoms with van der Waals surface area (Å²) in [7, 11) is 0. The van der Waals surface area contributed by atoms with E-state index in [9.17, 15) is 9.18 Å². The van der Waals surface area contributed by atoms with Crippen LogP contribution in [0.15, 0.2) is 30.5 Å². The minimum absolute atomic E-state index is 0.131. The van der Waals surface area contributed by atoms with Crippen molar-refractivity contribution in [2.45, 2.75) is 33.2 Å². The summed E-state index contributed by atoms with van der Waals surface area (Å²) < 4.78 is 15.4. The maximum Gasteiger partial charge on any atom is 0.242 e. The molecule has 1 atom stereocenters. The SMILES string of the molecule is CCN(CC)C[C@H]1CCCN(C(=O)Cn2ccc3ccc(F)cc32)C1. The molecule has 0 radical (unpaired) electrons. The molecule has 5 heteroatoms. The van der Waals surface area contributed by atoms with Crippen LogP contribution in [0.2, 0.25) is 0 Å². The van der Waals surface area contributed by atoms with Crippen LogP contribution < -0.4 is 0 Å². The average molecular weight is 345 g/mol. The van der Waals surface area contributed by atoms with E-state index >= 15 is 0 Å². The van der Waals surface area contributed by atoms with Crippen LogP contribution in [0.1, 0.15) is 26.7 Å². The fourth-order valence-electron chi connectivity index (χ4n) is 3.83. The maximum absolute atomic E-state index is 13.5. The Morgan fingerprint density at radius 2 is 2.08 bits per heavy atom. The molecule has 1 aromatic heterocycles. The van der Waals surface area contributed by atoms with Gasteiger partial charge in [-0.3, -0.25) is 4.79 Å². The predicted octanol–water partition coefficient (Wildman–Crippen LogP) is 3.36. The molecule has 1 amide bonds. The van der Waals surface area contributed by atoms with Crippen molar-refractivity contribution in [2.75, 3.05) is 32.7 Å². The minimum Gasteiger partial charge on any atom is -0.341 e. The van der Waals surface area contributed by atoms with Crippen molar-refractivity contribution in [2.24, 2.45) is 5.92 Å². The van der Waals surface area contributed by atoms with Gasteiger partial charge in [0, 0.05) is 25.8 Å². The summed E-state index contributed by atoms with van der Waals surface area (Å²) in [5.41, 5.74) is 0.782. The molecule has 2 aromatic rings. The van der Waals surface area contributed by atoms with Gasteiger partial charge in [0.25, 0.3) is 0 Å². The monoisotopic (exact) mass is 345 g/mol. The normalized spacial score (nSPS) is 18.2. The lowest BCUT2D eigenvalue weighted by Gasteiger charge is -2.35. The quantitative estimate of drug-likeness (QED) is 0.803. The van der Waals surface area contributed by atoms with Gasteiger partial charge < -0.3 is 14.4 Å². The smallest absolute Gasteiger partial charge is 0.242 e. The third-order valence-electron chi connectivity index (χ3n) is 5.32. The molecular formula is C20H28FN3O. The number of rotatable bonds is 6. The van der Waals surface area contributed by atoms with Gasteiger partial charge >= 0.3 is 0 Å². The number of aromatic nitrogens is 1. The summed E-state index contributed by atoms with van der Waals surface area (Å²) in [4.78, 5) is 17.2. The number of likely N-dealkylation sites (tertiary alicyclic amines) is 1. The molecule has 0 spiro atoms. The number of carbonyl (C=O) groups excluding carboxylic acids is 1. The Kier molecular flexibility index (Phi) is 5.74. The number of nitrogens with zero attached hydrogens (tertiary/aromatic N) is 3. The molecule has 1 saturated heterocycles. The van der Waals surface area contributed by atoms with Gasteiger partial charge in [0.15, 0.2) is 0 Å². The number of benzene rings is 1. The molecule has 1 aliphatic rings. The van der Waals surface area contributed by atoms with Gasteiger partial charge in [0.2, 0.25) is 5.91 Å². The number of carbonyl (C=O) groups is 1. The summed E-state index contributed by atoms with van der Waals surface area (Å²) in [5.74, 6) is 0.416. The van der Waals surface area contributed by atoms with Crippen LogP contribution in [-0.4, -0.2) is 53.0 Å². The number of piperidine rings is 1. The fourth-order valence-corrected chi connectivity index (χ4v) is 3.83. The van der Waals surface area contributed by atoms with E-state index in [0.717, 1.165) is 50.0 Å². The third-order valence-corrected chi connectivity index (χ3v) is 5.32. The van der Waals surface area contributed by atoms with E-state index < -0.39 is 0 Å². The molecule has 4 nitrogen and oxygen atoms in total. The lowest BCUT2D eigenvalue weighted by molar-refractivity contribution is -0.133. The van der Waals surface area contributed by atoms with Crippen molar-refractivity contribution in [1.82, 2.24) is 14.4 Å². The molecule has 0 bridgehead atoms.